The molecule has 2 rings (SSSR count). The van der Waals surface area contributed by atoms with E-state index in [1.807, 2.05) is 0 Å². The Hall–Kier alpha value is -1.45. The van der Waals surface area contributed by atoms with E-state index >= 15 is 0 Å². The average Bonchev–Trinajstić information content (AvgIpc) is 2.61. The predicted octanol–water partition coefficient (Wildman–Crippen LogP) is 4.02. The Balaban J connectivity index is 1.84. The number of nitrogens with zero attached hydrogens (tertiary/aromatic N) is 3. The lowest BCUT2D eigenvalue weighted by Crippen LogP contribution is -2.42. The fraction of sp³-hybridized carbons (Fsp3) is 0.571. The van der Waals surface area contributed by atoms with Crippen molar-refractivity contribution in [2.24, 2.45) is 0 Å². The monoisotopic (exact) mass is 327 g/mol. The van der Waals surface area contributed by atoms with Crippen molar-refractivity contribution in [3.05, 3.63) is 47.3 Å². The standard InChI is InChI=1S/C21H33N3/c1-5-18(6-2)10-11-19-8-7-9-20(22-19)12-15-24-16-13-21(14-17-24)23(3)4/h5,7-11,21H,6,12-17H2,1-4H3/b11-10+,18-5+. The molecule has 1 saturated heterocycles. The largest absolute Gasteiger partial charge is 0.306 e. The Morgan fingerprint density at radius 3 is 2.67 bits per heavy atom. The smallest absolute Gasteiger partial charge is 0.0633 e. The zero-order valence-corrected chi connectivity index (χ0v) is 15.8. The van der Waals surface area contributed by atoms with E-state index in [4.69, 9.17) is 4.98 Å². The topological polar surface area (TPSA) is 19.4 Å². The molecular formula is C21H33N3. The van der Waals surface area contributed by atoms with Crippen LogP contribution in [0.3, 0.4) is 0 Å². The van der Waals surface area contributed by atoms with Crippen molar-refractivity contribution >= 4 is 6.08 Å². The van der Waals surface area contributed by atoms with Gasteiger partial charge in [0.05, 0.1) is 5.69 Å². The van der Waals surface area contributed by atoms with E-state index in [2.05, 4.69) is 74.2 Å². The third-order valence-corrected chi connectivity index (χ3v) is 5.05. The summed E-state index contributed by atoms with van der Waals surface area (Å²) in [5, 5.41) is 0. The van der Waals surface area contributed by atoms with Gasteiger partial charge < -0.3 is 9.80 Å². The molecule has 0 radical (unpaired) electrons. The highest BCUT2D eigenvalue weighted by Crippen LogP contribution is 2.14. The van der Waals surface area contributed by atoms with Crippen LogP contribution in [0.1, 0.15) is 44.5 Å². The van der Waals surface area contributed by atoms with Crippen LogP contribution in [0, 0.1) is 0 Å². The van der Waals surface area contributed by atoms with Crippen molar-refractivity contribution in [2.75, 3.05) is 33.7 Å². The number of rotatable bonds is 7. The van der Waals surface area contributed by atoms with Gasteiger partial charge in [0, 0.05) is 24.7 Å². The molecule has 0 atom stereocenters. The first-order valence-corrected chi connectivity index (χ1v) is 9.30. The van der Waals surface area contributed by atoms with Crippen LogP contribution < -0.4 is 0 Å². The Morgan fingerprint density at radius 2 is 2.04 bits per heavy atom. The van der Waals surface area contributed by atoms with Crippen LogP contribution >= 0.6 is 0 Å². The van der Waals surface area contributed by atoms with Gasteiger partial charge in [-0.1, -0.05) is 30.7 Å². The first-order chi connectivity index (χ1) is 11.6. The van der Waals surface area contributed by atoms with Crippen LogP contribution in [0.2, 0.25) is 0 Å². The molecule has 1 fully saturated rings. The molecule has 132 valence electrons. The molecule has 0 saturated carbocycles. The maximum Gasteiger partial charge on any atom is 0.0633 e. The third kappa shape index (κ3) is 5.88. The summed E-state index contributed by atoms with van der Waals surface area (Å²) in [6.07, 6.45) is 11.1. The maximum absolute atomic E-state index is 4.79. The lowest BCUT2D eigenvalue weighted by atomic mass is 10.0. The second-order valence-electron chi connectivity index (χ2n) is 6.89. The highest BCUT2D eigenvalue weighted by Gasteiger charge is 2.20. The highest BCUT2D eigenvalue weighted by molar-refractivity contribution is 5.49. The van der Waals surface area contributed by atoms with Gasteiger partial charge in [-0.15, -0.1) is 0 Å². The number of allylic oxidation sites excluding steroid dienone is 3. The van der Waals surface area contributed by atoms with Crippen molar-refractivity contribution < 1.29 is 0 Å². The summed E-state index contributed by atoms with van der Waals surface area (Å²) in [5.41, 5.74) is 3.61. The minimum absolute atomic E-state index is 0.757. The third-order valence-electron chi connectivity index (χ3n) is 5.05. The number of aromatic nitrogens is 1. The van der Waals surface area contributed by atoms with Crippen LogP contribution in [0.5, 0.6) is 0 Å². The van der Waals surface area contributed by atoms with Gasteiger partial charge in [0.25, 0.3) is 0 Å². The van der Waals surface area contributed by atoms with E-state index in [1.165, 1.54) is 37.2 Å². The molecule has 0 spiro atoms. The lowest BCUT2D eigenvalue weighted by Gasteiger charge is -2.35. The van der Waals surface area contributed by atoms with Gasteiger partial charge in [-0.25, -0.2) is 0 Å². The first kappa shape index (κ1) is 18.9. The Kier molecular flexibility index (Phi) is 7.67. The summed E-state index contributed by atoms with van der Waals surface area (Å²) in [6.45, 7) is 7.82. The fourth-order valence-electron chi connectivity index (χ4n) is 3.27. The minimum Gasteiger partial charge on any atom is -0.306 e. The van der Waals surface area contributed by atoms with E-state index in [9.17, 15) is 0 Å². The van der Waals surface area contributed by atoms with Crippen molar-refractivity contribution in [2.45, 2.75) is 45.6 Å². The lowest BCUT2D eigenvalue weighted by molar-refractivity contribution is 0.146. The van der Waals surface area contributed by atoms with Gasteiger partial charge in [0.2, 0.25) is 0 Å². The zero-order chi connectivity index (χ0) is 17.4. The fourth-order valence-corrected chi connectivity index (χ4v) is 3.27. The Morgan fingerprint density at radius 1 is 1.29 bits per heavy atom. The SMILES string of the molecule is C/C=C(/C=C/c1cccc(CCN2CCC(N(C)C)CC2)n1)CC. The first-order valence-electron chi connectivity index (χ1n) is 9.30. The summed E-state index contributed by atoms with van der Waals surface area (Å²) in [5.74, 6) is 0. The molecule has 1 aromatic rings. The van der Waals surface area contributed by atoms with Crippen molar-refractivity contribution in [1.82, 2.24) is 14.8 Å². The summed E-state index contributed by atoms with van der Waals surface area (Å²) < 4.78 is 0. The quantitative estimate of drug-likeness (QED) is 0.705. The average molecular weight is 328 g/mol. The summed E-state index contributed by atoms with van der Waals surface area (Å²) in [4.78, 5) is 9.74. The van der Waals surface area contributed by atoms with Crippen LogP contribution in [0.4, 0.5) is 0 Å². The van der Waals surface area contributed by atoms with Gasteiger partial charge in [-0.05, 0) is 71.6 Å². The number of hydrogen-bond donors (Lipinski definition) is 0. The molecule has 3 nitrogen and oxygen atoms in total. The van der Waals surface area contributed by atoms with Crippen LogP contribution in [-0.2, 0) is 6.42 Å². The van der Waals surface area contributed by atoms with Gasteiger partial charge >= 0.3 is 0 Å². The molecule has 0 aromatic carbocycles. The molecule has 0 N–H and O–H groups in total. The Bertz CT molecular complexity index is 552. The molecule has 3 heteroatoms. The van der Waals surface area contributed by atoms with E-state index < -0.39 is 0 Å². The minimum atomic E-state index is 0.757. The molecule has 0 unspecified atom stereocenters. The second-order valence-corrected chi connectivity index (χ2v) is 6.89. The zero-order valence-electron chi connectivity index (χ0n) is 15.8. The van der Waals surface area contributed by atoms with Gasteiger partial charge in [0.1, 0.15) is 0 Å². The predicted molar refractivity (Wildman–Crippen MR) is 104 cm³/mol. The maximum atomic E-state index is 4.79. The molecule has 0 amide bonds. The highest BCUT2D eigenvalue weighted by atomic mass is 15.2. The Labute approximate surface area is 148 Å². The van der Waals surface area contributed by atoms with Gasteiger partial charge in [0.15, 0.2) is 0 Å². The molecule has 1 aliphatic heterocycles. The molecular weight excluding hydrogens is 294 g/mol. The summed E-state index contributed by atoms with van der Waals surface area (Å²) in [6, 6.07) is 7.13. The summed E-state index contributed by atoms with van der Waals surface area (Å²) in [7, 11) is 4.39. The molecule has 0 aliphatic carbocycles. The van der Waals surface area contributed by atoms with Crippen molar-refractivity contribution in [3.63, 3.8) is 0 Å². The molecule has 24 heavy (non-hydrogen) atoms. The number of pyridine rings is 1. The van der Waals surface area contributed by atoms with Crippen molar-refractivity contribution in [3.8, 4) is 0 Å². The van der Waals surface area contributed by atoms with Gasteiger partial charge in [-0.2, -0.15) is 0 Å². The normalized spacial score (nSPS) is 18.0. The molecule has 1 aromatic heterocycles. The molecule has 1 aliphatic rings. The summed E-state index contributed by atoms with van der Waals surface area (Å²) >= 11 is 0. The number of likely N-dealkylation sites (tertiary alicyclic amines) is 1. The van der Waals surface area contributed by atoms with E-state index in [-0.39, 0.29) is 0 Å². The second kappa shape index (κ2) is 9.75. The molecule has 2 heterocycles. The van der Waals surface area contributed by atoms with Crippen molar-refractivity contribution in [1.29, 1.82) is 0 Å². The van der Waals surface area contributed by atoms with E-state index in [1.54, 1.807) is 0 Å². The van der Waals surface area contributed by atoms with E-state index in [0.717, 1.165) is 31.1 Å². The number of hydrogen-bond acceptors (Lipinski definition) is 3. The molecule has 0 bridgehead atoms. The van der Waals surface area contributed by atoms with Crippen LogP contribution in [0.15, 0.2) is 35.9 Å². The van der Waals surface area contributed by atoms with Crippen LogP contribution in [-0.4, -0.2) is 54.6 Å². The number of piperidine rings is 1. The van der Waals surface area contributed by atoms with E-state index in [0.29, 0.717) is 0 Å². The van der Waals surface area contributed by atoms with Gasteiger partial charge in [-0.3, -0.25) is 4.98 Å². The van der Waals surface area contributed by atoms with Crippen LogP contribution in [0.25, 0.3) is 6.08 Å².